The second-order valence-electron chi connectivity index (χ2n) is 6.12. The normalized spacial score (nSPS) is 13.8. The van der Waals surface area contributed by atoms with Crippen LogP contribution in [0.25, 0.3) is 0 Å². The van der Waals surface area contributed by atoms with E-state index in [9.17, 15) is 18.0 Å². The van der Waals surface area contributed by atoms with Crippen molar-refractivity contribution in [1.82, 2.24) is 0 Å². The summed E-state index contributed by atoms with van der Waals surface area (Å²) in [4.78, 5) is 24.8. The molecule has 148 valence electrons. The number of thioether (sulfide) groups is 1. The summed E-state index contributed by atoms with van der Waals surface area (Å²) in [6.45, 7) is 0. The third-order valence-corrected chi connectivity index (χ3v) is 6.94. The molecule has 2 aromatic rings. The molecule has 3 rings (SSSR count). The highest BCUT2D eigenvalue weighted by molar-refractivity contribution is 7.99. The van der Waals surface area contributed by atoms with Crippen molar-refractivity contribution in [2.45, 2.75) is 22.6 Å². The first-order valence-electron chi connectivity index (χ1n) is 8.61. The highest BCUT2D eigenvalue weighted by atomic mass is 32.2. The molecule has 0 saturated heterocycles. The van der Waals surface area contributed by atoms with E-state index in [1.165, 1.54) is 31.0 Å². The molecule has 7 nitrogen and oxygen atoms in total. The first-order chi connectivity index (χ1) is 13.4. The summed E-state index contributed by atoms with van der Waals surface area (Å²) in [5, 5.41) is 5.39. The molecule has 28 heavy (non-hydrogen) atoms. The number of carbonyl (C=O) groups is 2. The molecule has 0 spiro atoms. The molecule has 0 unspecified atom stereocenters. The van der Waals surface area contributed by atoms with Gasteiger partial charge in [0.2, 0.25) is 11.8 Å². The van der Waals surface area contributed by atoms with Gasteiger partial charge in [-0.1, -0.05) is 12.1 Å². The number of sulfone groups is 1. The van der Waals surface area contributed by atoms with E-state index in [1.807, 2.05) is 0 Å². The predicted octanol–water partition coefficient (Wildman–Crippen LogP) is 2.93. The van der Waals surface area contributed by atoms with E-state index in [4.69, 9.17) is 4.74 Å². The Labute approximate surface area is 167 Å². The summed E-state index contributed by atoms with van der Waals surface area (Å²) in [6.07, 6.45) is 0.184. The largest absolute Gasteiger partial charge is 0.495 e. The Bertz CT molecular complexity index is 1010. The molecule has 2 amide bonds. The number of carbonyl (C=O) groups excluding carboxylic acids is 2. The van der Waals surface area contributed by atoms with E-state index in [1.54, 1.807) is 30.3 Å². The number of benzene rings is 2. The molecule has 0 saturated carbocycles. The molecule has 1 heterocycles. The zero-order valence-corrected chi connectivity index (χ0v) is 16.9. The summed E-state index contributed by atoms with van der Waals surface area (Å²) >= 11 is 1.50. The predicted molar refractivity (Wildman–Crippen MR) is 109 cm³/mol. The van der Waals surface area contributed by atoms with Crippen molar-refractivity contribution in [3.63, 3.8) is 0 Å². The van der Waals surface area contributed by atoms with Crippen molar-refractivity contribution in [3.8, 4) is 5.75 Å². The van der Waals surface area contributed by atoms with Crippen molar-refractivity contribution >= 4 is 44.8 Å². The maximum Gasteiger partial charge on any atom is 0.225 e. The monoisotopic (exact) mass is 420 g/mol. The van der Waals surface area contributed by atoms with Gasteiger partial charge in [0.1, 0.15) is 5.75 Å². The number of rotatable bonds is 6. The van der Waals surface area contributed by atoms with Crippen molar-refractivity contribution < 1.29 is 22.7 Å². The number of amides is 2. The zero-order chi connectivity index (χ0) is 20.1. The molecule has 0 aromatic heterocycles. The molecule has 0 atom stereocenters. The van der Waals surface area contributed by atoms with Gasteiger partial charge in [-0.05, 0) is 30.3 Å². The van der Waals surface area contributed by atoms with Crippen LogP contribution in [0.5, 0.6) is 5.75 Å². The number of methoxy groups -OCH3 is 1. The van der Waals surface area contributed by atoms with E-state index in [0.29, 0.717) is 29.3 Å². The number of hydrogen-bond acceptors (Lipinski definition) is 6. The summed E-state index contributed by atoms with van der Waals surface area (Å²) in [5.41, 5.74) is 0.976. The maximum atomic E-state index is 12.6. The van der Waals surface area contributed by atoms with E-state index in [0.717, 1.165) is 4.90 Å². The molecule has 0 bridgehead atoms. The number of para-hydroxylation sites is 2. The van der Waals surface area contributed by atoms with Crippen LogP contribution in [-0.4, -0.2) is 38.8 Å². The van der Waals surface area contributed by atoms with Crippen LogP contribution in [0.2, 0.25) is 0 Å². The van der Waals surface area contributed by atoms with E-state index >= 15 is 0 Å². The smallest absolute Gasteiger partial charge is 0.225 e. The highest BCUT2D eigenvalue weighted by Gasteiger charge is 2.21. The Morgan fingerprint density at radius 1 is 1.25 bits per heavy atom. The molecule has 9 heteroatoms. The van der Waals surface area contributed by atoms with Gasteiger partial charge in [0.05, 0.1) is 29.1 Å². The van der Waals surface area contributed by atoms with Gasteiger partial charge >= 0.3 is 0 Å². The SMILES string of the molecule is COc1ccccc1NC(=O)CCS(=O)(=O)c1ccc2c(c1)NC(=O)CCS2. The van der Waals surface area contributed by atoms with Crippen LogP contribution in [0.15, 0.2) is 52.3 Å². The van der Waals surface area contributed by atoms with Crippen LogP contribution >= 0.6 is 11.8 Å². The average Bonchev–Trinajstić information content (AvgIpc) is 2.86. The lowest BCUT2D eigenvalue weighted by Crippen LogP contribution is -2.18. The van der Waals surface area contributed by atoms with Crippen LogP contribution in [0.1, 0.15) is 12.8 Å². The second kappa shape index (κ2) is 8.66. The Kier molecular flexibility index (Phi) is 6.25. The first-order valence-corrected chi connectivity index (χ1v) is 11.2. The Hall–Kier alpha value is -2.52. The van der Waals surface area contributed by atoms with Crippen LogP contribution in [0, 0.1) is 0 Å². The van der Waals surface area contributed by atoms with Gasteiger partial charge in [0.15, 0.2) is 9.84 Å². The number of anilines is 2. The van der Waals surface area contributed by atoms with Crippen molar-refractivity contribution in [1.29, 1.82) is 0 Å². The molecular formula is C19H20N2O5S2. The molecule has 2 aromatic carbocycles. The number of fused-ring (bicyclic) bond motifs is 1. The van der Waals surface area contributed by atoms with Crippen molar-refractivity contribution in [3.05, 3.63) is 42.5 Å². The first kappa shape index (κ1) is 20.2. The minimum atomic E-state index is -3.68. The fourth-order valence-corrected chi connectivity index (χ4v) is 4.90. The molecule has 0 fully saturated rings. The zero-order valence-electron chi connectivity index (χ0n) is 15.2. The lowest BCUT2D eigenvalue weighted by molar-refractivity contribution is -0.116. The summed E-state index contributed by atoms with van der Waals surface area (Å²) in [5.74, 6) is 0.239. The van der Waals surface area contributed by atoms with Gasteiger partial charge in [-0.2, -0.15) is 0 Å². The lowest BCUT2D eigenvalue weighted by Gasteiger charge is -2.11. The molecule has 2 N–H and O–H groups in total. The van der Waals surface area contributed by atoms with Gasteiger partial charge in [-0.3, -0.25) is 9.59 Å². The van der Waals surface area contributed by atoms with Gasteiger partial charge in [0.25, 0.3) is 0 Å². The van der Waals surface area contributed by atoms with Crippen LogP contribution in [-0.2, 0) is 19.4 Å². The third-order valence-electron chi connectivity index (χ3n) is 4.15. The number of nitrogens with one attached hydrogen (secondary N) is 2. The standard InChI is InChI=1S/C19H20N2O5S2/c1-26-16-5-3-2-4-14(16)20-19(23)9-11-28(24,25)13-6-7-17-15(12-13)21-18(22)8-10-27-17/h2-7,12H,8-11H2,1H3,(H,20,23)(H,21,22). The molecular weight excluding hydrogens is 400 g/mol. The van der Waals surface area contributed by atoms with Gasteiger partial charge in [0, 0.05) is 23.5 Å². The summed E-state index contributed by atoms with van der Waals surface area (Å²) in [6, 6.07) is 11.6. The Morgan fingerprint density at radius 2 is 2.04 bits per heavy atom. The van der Waals surface area contributed by atoms with Crippen LogP contribution in [0.4, 0.5) is 11.4 Å². The van der Waals surface area contributed by atoms with Gasteiger partial charge in [-0.25, -0.2) is 8.42 Å². The molecule has 1 aliphatic heterocycles. The Balaban J connectivity index is 1.68. The quantitative estimate of drug-likeness (QED) is 0.745. The van der Waals surface area contributed by atoms with Crippen LogP contribution in [0.3, 0.4) is 0 Å². The molecule has 0 radical (unpaired) electrons. The van der Waals surface area contributed by atoms with Crippen molar-refractivity contribution in [2.75, 3.05) is 29.2 Å². The number of ether oxygens (including phenoxy) is 1. The number of hydrogen-bond donors (Lipinski definition) is 2. The van der Waals surface area contributed by atoms with Gasteiger partial charge in [-0.15, -0.1) is 11.8 Å². The lowest BCUT2D eigenvalue weighted by atomic mass is 10.3. The van der Waals surface area contributed by atoms with Crippen molar-refractivity contribution in [2.24, 2.45) is 0 Å². The third kappa shape index (κ3) is 4.85. The topological polar surface area (TPSA) is 102 Å². The second-order valence-corrected chi connectivity index (χ2v) is 9.37. The summed E-state index contributed by atoms with van der Waals surface area (Å²) < 4.78 is 30.4. The molecule has 0 aliphatic carbocycles. The van der Waals surface area contributed by atoms with E-state index in [2.05, 4.69) is 10.6 Å². The minimum absolute atomic E-state index is 0.0825. The fraction of sp³-hybridized carbons (Fsp3) is 0.263. The highest BCUT2D eigenvalue weighted by Crippen LogP contribution is 2.33. The van der Waals surface area contributed by atoms with E-state index in [-0.39, 0.29) is 23.0 Å². The minimum Gasteiger partial charge on any atom is -0.495 e. The average molecular weight is 421 g/mol. The summed E-state index contributed by atoms with van der Waals surface area (Å²) in [7, 11) is -2.19. The van der Waals surface area contributed by atoms with Crippen LogP contribution < -0.4 is 15.4 Å². The Morgan fingerprint density at radius 3 is 2.82 bits per heavy atom. The van der Waals surface area contributed by atoms with E-state index < -0.39 is 15.7 Å². The van der Waals surface area contributed by atoms with Gasteiger partial charge < -0.3 is 15.4 Å². The fourth-order valence-electron chi connectivity index (χ4n) is 2.70. The maximum absolute atomic E-state index is 12.6. The molecule has 1 aliphatic rings.